The molecule has 0 fully saturated rings. The van der Waals surface area contributed by atoms with Gasteiger partial charge in [0.05, 0.1) is 22.4 Å². The number of alkyl halides is 10. The van der Waals surface area contributed by atoms with E-state index in [-0.39, 0.29) is 16.8 Å². The number of carbonyl (C=O) groups excluding carboxylic acids is 3. The van der Waals surface area contributed by atoms with Crippen LogP contribution in [-0.4, -0.2) is 35.1 Å². The van der Waals surface area contributed by atoms with E-state index in [0.717, 1.165) is 54.7 Å². The largest absolute Gasteiger partial charge is 0.435 e. The van der Waals surface area contributed by atoms with Crippen LogP contribution >= 0.6 is 15.9 Å². The van der Waals surface area contributed by atoms with Crippen molar-refractivity contribution in [3.63, 3.8) is 0 Å². The van der Waals surface area contributed by atoms with E-state index in [1.807, 2.05) is 0 Å². The predicted molar refractivity (Wildman–Crippen MR) is 156 cm³/mol. The zero-order valence-corrected chi connectivity index (χ0v) is 26.4. The summed E-state index contributed by atoms with van der Waals surface area (Å²) in [7, 11) is 0. The lowest BCUT2D eigenvalue weighted by molar-refractivity contribution is -0.348. The number of hydrogen-bond acceptors (Lipinski definition) is 6. The van der Waals surface area contributed by atoms with Crippen molar-refractivity contribution in [2.45, 2.75) is 24.2 Å². The summed E-state index contributed by atoms with van der Waals surface area (Å²) >= 11 is 2.31. The molecule has 4 aromatic rings. The van der Waals surface area contributed by atoms with Gasteiger partial charge in [-0.2, -0.15) is 44.8 Å². The number of hydrogen-bond donors (Lipinski definition) is 1. The summed E-state index contributed by atoms with van der Waals surface area (Å²) < 4.78 is 165. The van der Waals surface area contributed by atoms with Gasteiger partial charge >= 0.3 is 30.2 Å². The summed E-state index contributed by atoms with van der Waals surface area (Å²) in [5.74, 6) is -7.27. The molecule has 272 valence electrons. The van der Waals surface area contributed by atoms with E-state index in [1.54, 1.807) is 6.07 Å². The predicted octanol–water partition coefficient (Wildman–Crippen LogP) is 8.97. The van der Waals surface area contributed by atoms with Gasteiger partial charge in [-0.05, 0) is 76.6 Å². The smallest absolute Gasteiger partial charge is 0.327 e. The zero-order chi connectivity index (χ0) is 39.0. The SMILES string of the molecule is N#Cc1ccc(C(=O)ON(C(=O)c2ccc(F)cc2)c2cccc(C(=O)Nc3c(Br)cc(C(F)(C(F)(F)F)C(F)(F)F)cc3C(F)(F)F)c2F)cn1. The molecule has 0 saturated heterocycles. The average Bonchev–Trinajstić information content (AvgIpc) is 3.06. The maximum Gasteiger partial charge on any atom is 0.435 e. The molecule has 52 heavy (non-hydrogen) atoms. The third-order valence-corrected chi connectivity index (χ3v) is 7.44. The Kier molecular flexibility index (Phi) is 10.7. The van der Waals surface area contributed by atoms with Gasteiger partial charge in [0, 0.05) is 21.8 Å². The highest BCUT2D eigenvalue weighted by molar-refractivity contribution is 9.10. The van der Waals surface area contributed by atoms with Crippen LogP contribution in [0.3, 0.4) is 0 Å². The van der Waals surface area contributed by atoms with Crippen molar-refractivity contribution in [2.75, 3.05) is 10.4 Å². The van der Waals surface area contributed by atoms with Gasteiger partial charge in [0.1, 0.15) is 23.3 Å². The van der Waals surface area contributed by atoms with Gasteiger partial charge in [-0.1, -0.05) is 6.07 Å². The molecule has 0 unspecified atom stereocenters. The van der Waals surface area contributed by atoms with Gasteiger partial charge in [0.2, 0.25) is 0 Å². The number of amides is 2. The Hall–Kier alpha value is -5.65. The Morgan fingerprint density at radius 1 is 0.827 bits per heavy atom. The summed E-state index contributed by atoms with van der Waals surface area (Å²) in [5, 5.41) is 10.4. The standard InChI is InChI=1S/C31H13BrF12N4O4/c32-21-11-16(28(35,30(39,40)41)31(42,43)44)10-20(29(36,37)38)24(21)47-25(49)19-2-1-3-22(23(19)34)48(26(50)14-4-7-17(33)8-5-14)52-27(51)15-6-9-18(12-45)46-13-15/h1-11,13H,(H,47,49). The zero-order valence-electron chi connectivity index (χ0n) is 24.8. The minimum Gasteiger partial charge on any atom is -0.327 e. The van der Waals surface area contributed by atoms with Crippen molar-refractivity contribution < 1.29 is 71.9 Å². The molecule has 8 nitrogen and oxygen atoms in total. The second-order valence-electron chi connectivity index (χ2n) is 10.2. The maximum absolute atomic E-state index is 16.0. The van der Waals surface area contributed by atoms with Crippen LogP contribution in [0, 0.1) is 23.0 Å². The molecule has 0 radical (unpaired) electrons. The van der Waals surface area contributed by atoms with Crippen LogP contribution in [0.5, 0.6) is 0 Å². The Morgan fingerprint density at radius 3 is 1.94 bits per heavy atom. The second-order valence-corrected chi connectivity index (χ2v) is 11.0. The van der Waals surface area contributed by atoms with Crippen molar-refractivity contribution in [1.82, 2.24) is 4.98 Å². The second kappa shape index (κ2) is 14.2. The number of pyridine rings is 1. The maximum atomic E-state index is 16.0. The number of nitriles is 1. The number of halogens is 13. The molecule has 0 saturated carbocycles. The van der Waals surface area contributed by atoms with Crippen LogP contribution in [-0.2, 0) is 16.7 Å². The van der Waals surface area contributed by atoms with Gasteiger partial charge in [0.15, 0.2) is 5.82 Å². The third kappa shape index (κ3) is 7.65. The van der Waals surface area contributed by atoms with E-state index in [9.17, 15) is 62.7 Å². The normalized spacial score (nSPS) is 12.2. The number of aromatic nitrogens is 1. The Labute approximate surface area is 290 Å². The van der Waals surface area contributed by atoms with Crippen LogP contribution in [0.25, 0.3) is 0 Å². The molecule has 0 atom stereocenters. The van der Waals surface area contributed by atoms with Crippen molar-refractivity contribution >= 4 is 45.1 Å². The van der Waals surface area contributed by atoms with Gasteiger partial charge in [-0.3, -0.25) is 9.59 Å². The Balaban J connectivity index is 1.80. The van der Waals surface area contributed by atoms with Crippen molar-refractivity contribution in [1.29, 1.82) is 5.26 Å². The molecule has 0 bridgehead atoms. The van der Waals surface area contributed by atoms with E-state index >= 15 is 4.39 Å². The van der Waals surface area contributed by atoms with Crippen molar-refractivity contribution in [3.05, 3.63) is 123 Å². The number of rotatable bonds is 6. The molecular weight excluding hydrogens is 800 g/mol. The number of benzene rings is 3. The van der Waals surface area contributed by atoms with E-state index in [0.29, 0.717) is 6.07 Å². The highest BCUT2D eigenvalue weighted by Crippen LogP contribution is 2.55. The van der Waals surface area contributed by atoms with Crippen LogP contribution in [0.4, 0.5) is 64.1 Å². The highest BCUT2D eigenvalue weighted by atomic mass is 79.9. The van der Waals surface area contributed by atoms with Crippen molar-refractivity contribution in [2.24, 2.45) is 0 Å². The Bertz CT molecular complexity index is 2060. The lowest BCUT2D eigenvalue weighted by atomic mass is 9.92. The molecule has 1 heterocycles. The monoisotopic (exact) mass is 812 g/mol. The number of nitrogens with zero attached hydrogens (tertiary/aromatic N) is 3. The first-order valence-corrected chi connectivity index (χ1v) is 14.3. The quantitative estimate of drug-likeness (QED) is 0.154. The molecule has 21 heteroatoms. The topological polar surface area (TPSA) is 112 Å². The van der Waals surface area contributed by atoms with Crippen LogP contribution in [0.1, 0.15) is 47.9 Å². The molecular formula is C31H13BrF12N4O4. The van der Waals surface area contributed by atoms with Crippen LogP contribution in [0.2, 0.25) is 0 Å². The van der Waals surface area contributed by atoms with E-state index in [2.05, 4.69) is 20.9 Å². The molecule has 1 N–H and O–H groups in total. The molecule has 0 aliphatic heterocycles. The summed E-state index contributed by atoms with van der Waals surface area (Å²) in [4.78, 5) is 48.1. The first-order chi connectivity index (χ1) is 24.0. The van der Waals surface area contributed by atoms with Crippen LogP contribution < -0.4 is 10.4 Å². The van der Waals surface area contributed by atoms with E-state index in [4.69, 9.17) is 10.1 Å². The summed E-state index contributed by atoms with van der Waals surface area (Å²) in [6, 6.07) is 8.08. The highest BCUT2D eigenvalue weighted by Gasteiger charge is 2.73. The fraction of sp³-hybridized carbons (Fsp3) is 0.129. The number of carbonyl (C=O) groups is 3. The summed E-state index contributed by atoms with van der Waals surface area (Å²) in [5.41, 5.74) is -16.2. The lowest BCUT2D eigenvalue weighted by Gasteiger charge is -2.31. The Morgan fingerprint density at radius 2 is 1.42 bits per heavy atom. The number of nitrogens with one attached hydrogen (secondary N) is 1. The third-order valence-electron chi connectivity index (χ3n) is 6.82. The molecule has 0 aliphatic carbocycles. The number of hydroxylamine groups is 1. The van der Waals surface area contributed by atoms with Gasteiger partial charge < -0.3 is 10.2 Å². The minimum atomic E-state index is -6.81. The molecule has 3 aromatic carbocycles. The fourth-order valence-corrected chi connectivity index (χ4v) is 4.86. The van der Waals surface area contributed by atoms with Gasteiger partial charge in [-0.15, -0.1) is 5.06 Å². The van der Waals surface area contributed by atoms with E-state index in [1.165, 1.54) is 5.32 Å². The molecule has 2 amide bonds. The number of anilines is 2. The fourth-order valence-electron chi connectivity index (χ4n) is 4.30. The summed E-state index contributed by atoms with van der Waals surface area (Å²) in [6.45, 7) is 0. The van der Waals surface area contributed by atoms with Crippen molar-refractivity contribution in [3.8, 4) is 6.07 Å². The van der Waals surface area contributed by atoms with E-state index < -0.39 is 103 Å². The first-order valence-electron chi connectivity index (χ1n) is 13.5. The molecule has 0 spiro atoms. The van der Waals surface area contributed by atoms with Gasteiger partial charge in [0.25, 0.3) is 11.8 Å². The minimum absolute atomic E-state index is 0.0269. The summed E-state index contributed by atoms with van der Waals surface area (Å²) in [6.07, 6.45) is -18.6. The molecule has 0 aliphatic rings. The average molecular weight is 813 g/mol. The van der Waals surface area contributed by atoms with Gasteiger partial charge in [-0.25, -0.2) is 22.9 Å². The lowest BCUT2D eigenvalue weighted by Crippen LogP contribution is -2.50. The molecule has 1 aromatic heterocycles. The van der Waals surface area contributed by atoms with Crippen LogP contribution in [0.15, 0.2) is 77.4 Å². The molecule has 4 rings (SSSR count). The first kappa shape index (κ1) is 39.1.